The van der Waals surface area contributed by atoms with Gasteiger partial charge in [0.05, 0.1) is 6.07 Å². The van der Waals surface area contributed by atoms with Crippen molar-refractivity contribution in [2.45, 2.75) is 19.4 Å². The SMILES string of the molecule is CC(CN(C)c1ccccc1)NCCC#N. The fourth-order valence-corrected chi connectivity index (χ4v) is 1.64. The van der Waals surface area contributed by atoms with Crippen LogP contribution in [0.4, 0.5) is 5.69 Å². The predicted octanol–water partition coefficient (Wildman–Crippen LogP) is 2.01. The molecule has 0 bridgehead atoms. The van der Waals surface area contributed by atoms with Gasteiger partial charge in [0, 0.05) is 38.3 Å². The minimum Gasteiger partial charge on any atom is -0.373 e. The first kappa shape index (κ1) is 12.5. The van der Waals surface area contributed by atoms with Crippen LogP contribution in [0.5, 0.6) is 0 Å². The quantitative estimate of drug-likeness (QED) is 0.741. The lowest BCUT2D eigenvalue weighted by atomic mass is 10.2. The Morgan fingerprint density at radius 2 is 2.06 bits per heavy atom. The molecule has 1 rings (SSSR count). The molecule has 1 aromatic carbocycles. The third-order valence-corrected chi connectivity index (χ3v) is 2.47. The smallest absolute Gasteiger partial charge is 0.0635 e. The Balaban J connectivity index is 2.34. The lowest BCUT2D eigenvalue weighted by Gasteiger charge is -2.23. The maximum atomic E-state index is 8.44. The number of hydrogen-bond acceptors (Lipinski definition) is 3. The molecular formula is C13H19N3. The van der Waals surface area contributed by atoms with Crippen molar-refractivity contribution in [2.24, 2.45) is 0 Å². The number of likely N-dealkylation sites (N-methyl/N-ethyl adjacent to an activating group) is 1. The maximum absolute atomic E-state index is 8.44. The van der Waals surface area contributed by atoms with Crippen LogP contribution in [0.2, 0.25) is 0 Å². The second-order valence-corrected chi connectivity index (χ2v) is 3.98. The summed E-state index contributed by atoms with van der Waals surface area (Å²) in [6.07, 6.45) is 0.569. The highest BCUT2D eigenvalue weighted by Crippen LogP contribution is 2.10. The molecule has 1 N–H and O–H groups in total. The molecule has 3 nitrogen and oxygen atoms in total. The highest BCUT2D eigenvalue weighted by Gasteiger charge is 2.05. The topological polar surface area (TPSA) is 39.1 Å². The largest absolute Gasteiger partial charge is 0.373 e. The second-order valence-electron chi connectivity index (χ2n) is 3.98. The molecule has 0 saturated heterocycles. The van der Waals surface area contributed by atoms with Crippen molar-refractivity contribution in [1.29, 1.82) is 5.26 Å². The fraction of sp³-hybridized carbons (Fsp3) is 0.462. The molecule has 0 saturated carbocycles. The van der Waals surface area contributed by atoms with Gasteiger partial charge in [0.1, 0.15) is 0 Å². The average Bonchev–Trinajstić information content (AvgIpc) is 2.30. The molecule has 86 valence electrons. The van der Waals surface area contributed by atoms with E-state index >= 15 is 0 Å². The molecule has 1 unspecified atom stereocenters. The zero-order valence-electron chi connectivity index (χ0n) is 9.98. The van der Waals surface area contributed by atoms with Gasteiger partial charge in [-0.2, -0.15) is 5.26 Å². The Hall–Kier alpha value is -1.53. The van der Waals surface area contributed by atoms with Crippen LogP contribution in [0.15, 0.2) is 30.3 Å². The van der Waals surface area contributed by atoms with Crippen molar-refractivity contribution in [3.8, 4) is 6.07 Å². The summed E-state index contributed by atoms with van der Waals surface area (Å²) >= 11 is 0. The first-order valence-corrected chi connectivity index (χ1v) is 5.60. The van der Waals surface area contributed by atoms with E-state index in [1.165, 1.54) is 5.69 Å². The Bertz CT molecular complexity index is 329. The molecular weight excluding hydrogens is 198 g/mol. The molecule has 0 fully saturated rings. The van der Waals surface area contributed by atoms with Crippen molar-refractivity contribution in [1.82, 2.24) is 5.32 Å². The standard InChI is InChI=1S/C13H19N3/c1-12(15-10-6-9-14)11-16(2)13-7-4-3-5-8-13/h3-5,7-8,12,15H,6,10-11H2,1-2H3. The summed E-state index contributed by atoms with van der Waals surface area (Å²) in [6, 6.07) is 12.8. The zero-order valence-corrected chi connectivity index (χ0v) is 9.98. The Kier molecular flexibility index (Phi) is 5.38. The Morgan fingerprint density at radius 3 is 2.69 bits per heavy atom. The van der Waals surface area contributed by atoms with Crippen molar-refractivity contribution in [3.63, 3.8) is 0 Å². The molecule has 0 aromatic heterocycles. The Morgan fingerprint density at radius 1 is 1.38 bits per heavy atom. The first-order chi connectivity index (χ1) is 7.74. The molecule has 0 aliphatic rings. The van der Waals surface area contributed by atoms with E-state index in [9.17, 15) is 0 Å². The third-order valence-electron chi connectivity index (χ3n) is 2.47. The lowest BCUT2D eigenvalue weighted by Crippen LogP contribution is -2.37. The van der Waals surface area contributed by atoms with Gasteiger partial charge in [0.2, 0.25) is 0 Å². The van der Waals surface area contributed by atoms with Gasteiger partial charge >= 0.3 is 0 Å². The van der Waals surface area contributed by atoms with E-state index in [0.29, 0.717) is 12.5 Å². The molecule has 0 spiro atoms. The predicted molar refractivity (Wildman–Crippen MR) is 67.4 cm³/mol. The monoisotopic (exact) mass is 217 g/mol. The number of para-hydroxylation sites is 1. The van der Waals surface area contributed by atoms with Gasteiger partial charge in [0.25, 0.3) is 0 Å². The van der Waals surface area contributed by atoms with Crippen LogP contribution in [-0.2, 0) is 0 Å². The molecule has 1 aromatic rings. The number of benzene rings is 1. The van der Waals surface area contributed by atoms with Crippen LogP contribution >= 0.6 is 0 Å². The average molecular weight is 217 g/mol. The second kappa shape index (κ2) is 6.86. The number of nitriles is 1. The molecule has 1 atom stereocenters. The molecule has 0 heterocycles. The van der Waals surface area contributed by atoms with E-state index in [0.717, 1.165) is 13.1 Å². The van der Waals surface area contributed by atoms with E-state index in [4.69, 9.17) is 5.26 Å². The first-order valence-electron chi connectivity index (χ1n) is 5.60. The Labute approximate surface area is 97.7 Å². The summed E-state index contributed by atoms with van der Waals surface area (Å²) in [6.45, 7) is 3.84. The van der Waals surface area contributed by atoms with E-state index < -0.39 is 0 Å². The van der Waals surface area contributed by atoms with Gasteiger partial charge in [-0.3, -0.25) is 0 Å². The molecule has 0 radical (unpaired) electrons. The number of rotatable bonds is 6. The van der Waals surface area contributed by atoms with Gasteiger partial charge in [-0.15, -0.1) is 0 Å². The summed E-state index contributed by atoms with van der Waals surface area (Å²) in [5.41, 5.74) is 1.22. The van der Waals surface area contributed by atoms with Crippen molar-refractivity contribution < 1.29 is 0 Å². The van der Waals surface area contributed by atoms with E-state index in [1.54, 1.807) is 0 Å². The van der Waals surface area contributed by atoms with Crippen LogP contribution < -0.4 is 10.2 Å². The van der Waals surface area contributed by atoms with Crippen molar-refractivity contribution >= 4 is 5.69 Å². The summed E-state index contributed by atoms with van der Waals surface area (Å²) < 4.78 is 0. The minimum atomic E-state index is 0.388. The number of nitrogens with zero attached hydrogens (tertiary/aromatic N) is 2. The fourth-order valence-electron chi connectivity index (χ4n) is 1.64. The summed E-state index contributed by atoms with van der Waals surface area (Å²) in [5, 5.41) is 11.8. The lowest BCUT2D eigenvalue weighted by molar-refractivity contribution is 0.553. The molecule has 16 heavy (non-hydrogen) atoms. The summed E-state index contributed by atoms with van der Waals surface area (Å²) in [5.74, 6) is 0. The molecule has 0 aliphatic heterocycles. The normalized spacial score (nSPS) is 11.8. The van der Waals surface area contributed by atoms with Gasteiger partial charge < -0.3 is 10.2 Å². The molecule has 3 heteroatoms. The van der Waals surface area contributed by atoms with Gasteiger partial charge in [-0.1, -0.05) is 18.2 Å². The third kappa shape index (κ3) is 4.33. The number of anilines is 1. The van der Waals surface area contributed by atoms with Crippen molar-refractivity contribution in [2.75, 3.05) is 25.0 Å². The number of nitrogens with one attached hydrogen (secondary N) is 1. The maximum Gasteiger partial charge on any atom is 0.0635 e. The molecule has 0 amide bonds. The van der Waals surface area contributed by atoms with E-state index in [2.05, 4.69) is 42.4 Å². The summed E-state index contributed by atoms with van der Waals surface area (Å²) in [7, 11) is 2.08. The van der Waals surface area contributed by atoms with Crippen LogP contribution in [0.25, 0.3) is 0 Å². The van der Waals surface area contributed by atoms with Crippen LogP contribution in [0, 0.1) is 11.3 Å². The zero-order chi connectivity index (χ0) is 11.8. The summed E-state index contributed by atoms with van der Waals surface area (Å²) in [4.78, 5) is 2.21. The highest BCUT2D eigenvalue weighted by atomic mass is 15.1. The van der Waals surface area contributed by atoms with Crippen LogP contribution in [0.1, 0.15) is 13.3 Å². The van der Waals surface area contributed by atoms with E-state index in [-0.39, 0.29) is 0 Å². The van der Waals surface area contributed by atoms with Crippen LogP contribution in [0.3, 0.4) is 0 Å². The minimum absolute atomic E-state index is 0.388. The van der Waals surface area contributed by atoms with Crippen LogP contribution in [-0.4, -0.2) is 26.2 Å². The highest BCUT2D eigenvalue weighted by molar-refractivity contribution is 5.45. The van der Waals surface area contributed by atoms with Gasteiger partial charge in [-0.05, 0) is 19.1 Å². The molecule has 0 aliphatic carbocycles. The van der Waals surface area contributed by atoms with Gasteiger partial charge in [-0.25, -0.2) is 0 Å². The number of hydrogen-bond donors (Lipinski definition) is 1. The van der Waals surface area contributed by atoms with E-state index in [1.807, 2.05) is 18.2 Å². The van der Waals surface area contributed by atoms with Crippen molar-refractivity contribution in [3.05, 3.63) is 30.3 Å². The van der Waals surface area contributed by atoms with Gasteiger partial charge in [0.15, 0.2) is 0 Å².